The summed E-state index contributed by atoms with van der Waals surface area (Å²) in [5.41, 5.74) is 17.0. The number of aliphatic imine (C=N–C) groups is 3. The summed E-state index contributed by atoms with van der Waals surface area (Å²) in [5.74, 6) is 5.01. The number of hydrogen-bond acceptors (Lipinski definition) is 15. The van der Waals surface area contributed by atoms with E-state index in [9.17, 15) is 14.4 Å². The number of hydrogen-bond donors (Lipinski definition) is 0. The Balaban J connectivity index is 0.000000140. The highest BCUT2D eigenvalue weighted by atomic mass is 32.1. The second-order valence-corrected chi connectivity index (χ2v) is 25.6. The van der Waals surface area contributed by atoms with Gasteiger partial charge in [0.2, 0.25) is 0 Å². The second kappa shape index (κ2) is 24.4. The van der Waals surface area contributed by atoms with E-state index in [1.165, 1.54) is 48.0 Å². The van der Waals surface area contributed by atoms with Gasteiger partial charge in [0.25, 0.3) is 0 Å². The number of carbonyl (C=O) groups is 3. The zero-order valence-electron chi connectivity index (χ0n) is 50.7. The van der Waals surface area contributed by atoms with Crippen LogP contribution >= 0.6 is 34.0 Å². The first kappa shape index (κ1) is 59.4. The quantitative estimate of drug-likeness (QED) is 0.115. The Hall–Kier alpha value is -7.80. The maximum absolute atomic E-state index is 12.0. The van der Waals surface area contributed by atoms with Crippen LogP contribution in [0, 0.1) is 62.3 Å². The number of nitrogens with zero attached hydrogens (tertiary/aromatic N) is 12. The SMILES string of the molecule is CCc1ccc(C2=N[C@@H](CC(C)=O)c3nnc(C)n3-c3sc(C)c(C)c32)cc1.CCc1cccc(C2=N[C@@H](CC(C)=O)c3nnc(C)n3-c3sc(C)c(C)c32)c1.CCc1ccccc1C1=N[C@@H](CC(C)=O)c2nnc(C)n2-c2sc(C)c(C)c21. The van der Waals surface area contributed by atoms with E-state index >= 15 is 0 Å². The van der Waals surface area contributed by atoms with Crippen LogP contribution in [0.5, 0.6) is 0 Å². The molecule has 0 unspecified atom stereocenters. The van der Waals surface area contributed by atoms with Crippen molar-refractivity contribution < 1.29 is 14.4 Å². The van der Waals surface area contributed by atoms with E-state index in [2.05, 4.69) is 179 Å². The van der Waals surface area contributed by atoms with Crippen molar-refractivity contribution in [3.63, 3.8) is 0 Å². The third kappa shape index (κ3) is 11.2. The van der Waals surface area contributed by atoms with Gasteiger partial charge in [-0.2, -0.15) is 0 Å². The van der Waals surface area contributed by atoms with Gasteiger partial charge in [-0.3, -0.25) is 43.1 Å². The van der Waals surface area contributed by atoms with Crippen molar-refractivity contribution >= 4 is 68.5 Å². The number of aromatic nitrogens is 9. The van der Waals surface area contributed by atoms with Crippen molar-refractivity contribution in [3.05, 3.63) is 189 Å². The van der Waals surface area contributed by atoms with Gasteiger partial charge in [0.1, 0.15) is 68.0 Å². The standard InChI is InChI=1S/3C22H24N4OS/c1-6-16-7-9-17(10-8-16)20-19-13(3)14(4)28-22(19)26-15(5)24-25-21(26)18(23-20)11-12(2)27;1-6-16-8-7-9-17(11-16)20-19-13(3)14(4)28-22(19)26-15(5)24-25-21(26)18(23-20)10-12(2)27;1-6-16-9-7-8-10-17(16)20-19-13(3)14(4)28-22(19)26-15(5)24-25-21(26)18(23-20)11-12(2)27/h7-10,18H,6,11H2,1-5H3;7-9,11,18H,6,10H2,1-5H3;7-10,18H,6,11H2,1-5H3/t3*18-/m000/s1. The van der Waals surface area contributed by atoms with E-state index in [1.807, 2.05) is 20.8 Å². The molecule has 0 spiro atoms. The lowest BCUT2D eigenvalue weighted by Crippen LogP contribution is -2.11. The van der Waals surface area contributed by atoms with Crippen LogP contribution in [0.15, 0.2) is 87.8 Å². The van der Waals surface area contributed by atoms with E-state index in [-0.39, 0.29) is 35.5 Å². The van der Waals surface area contributed by atoms with Crippen LogP contribution < -0.4 is 0 Å². The van der Waals surface area contributed by atoms with E-state index in [0.717, 1.165) is 120 Å². The largest absolute Gasteiger partial charge is 0.300 e. The van der Waals surface area contributed by atoms with Crippen LogP contribution in [0.1, 0.15) is 195 Å². The minimum atomic E-state index is -0.335. The predicted molar refractivity (Wildman–Crippen MR) is 339 cm³/mol. The van der Waals surface area contributed by atoms with Gasteiger partial charge in [0, 0.05) is 67.3 Å². The van der Waals surface area contributed by atoms with E-state index in [1.54, 1.807) is 54.8 Å². The Morgan fingerprint density at radius 2 is 0.821 bits per heavy atom. The van der Waals surface area contributed by atoms with Crippen molar-refractivity contribution in [1.82, 2.24) is 44.3 Å². The molecule has 0 radical (unpaired) electrons. The lowest BCUT2D eigenvalue weighted by Gasteiger charge is -2.14. The fourth-order valence-electron chi connectivity index (χ4n) is 11.3. The van der Waals surface area contributed by atoms with Crippen LogP contribution in [0.3, 0.4) is 0 Å². The minimum absolute atomic E-state index is 0.0970. The minimum Gasteiger partial charge on any atom is -0.300 e. The van der Waals surface area contributed by atoms with E-state index < -0.39 is 0 Å². The lowest BCUT2D eigenvalue weighted by atomic mass is 9.94. The molecule has 84 heavy (non-hydrogen) atoms. The van der Waals surface area contributed by atoms with Crippen molar-refractivity contribution in [2.45, 2.75) is 161 Å². The van der Waals surface area contributed by atoms with Gasteiger partial charge in [-0.05, 0) is 142 Å². The van der Waals surface area contributed by atoms with Crippen molar-refractivity contribution in [2.75, 3.05) is 0 Å². The molecule has 3 atom stereocenters. The highest BCUT2D eigenvalue weighted by Gasteiger charge is 2.35. The van der Waals surface area contributed by atoms with Crippen LogP contribution in [-0.2, 0) is 33.6 Å². The second-order valence-electron chi connectivity index (χ2n) is 22.0. The summed E-state index contributed by atoms with van der Waals surface area (Å²) in [5, 5.41) is 29.4. The van der Waals surface area contributed by atoms with Gasteiger partial charge in [-0.15, -0.1) is 64.6 Å². The van der Waals surface area contributed by atoms with Gasteiger partial charge in [0.15, 0.2) is 17.5 Å². The topological polar surface area (TPSA) is 180 Å². The maximum Gasteiger partial charge on any atom is 0.163 e. The molecule has 0 saturated heterocycles. The molecule has 0 saturated carbocycles. The third-order valence-electron chi connectivity index (χ3n) is 16.1. The van der Waals surface area contributed by atoms with Crippen LogP contribution in [0.2, 0.25) is 0 Å². The molecule has 9 heterocycles. The molecule has 3 aliphatic heterocycles. The number of ketones is 3. The zero-order chi connectivity index (χ0) is 60.0. The van der Waals surface area contributed by atoms with Gasteiger partial charge in [0.05, 0.1) is 17.1 Å². The van der Waals surface area contributed by atoms with Crippen molar-refractivity contribution in [2.24, 2.45) is 15.0 Å². The van der Waals surface area contributed by atoms with Crippen LogP contribution in [-0.4, -0.2) is 78.8 Å². The average Bonchev–Trinajstić information content (AvgIpc) is 1.94. The highest BCUT2D eigenvalue weighted by Crippen LogP contribution is 2.43. The molecule has 12 rings (SSSR count). The molecule has 15 nitrogen and oxygen atoms in total. The summed E-state index contributed by atoms with van der Waals surface area (Å²) >= 11 is 5.22. The Kier molecular flexibility index (Phi) is 17.3. The van der Waals surface area contributed by atoms with Crippen LogP contribution in [0.25, 0.3) is 15.0 Å². The molecule has 0 aliphatic carbocycles. The van der Waals surface area contributed by atoms with Gasteiger partial charge in [-0.1, -0.05) is 87.5 Å². The predicted octanol–water partition coefficient (Wildman–Crippen LogP) is 14.1. The third-order valence-corrected chi connectivity index (χ3v) is 19.6. The number of thiophene rings is 3. The summed E-state index contributed by atoms with van der Waals surface area (Å²) in [4.78, 5) is 55.1. The number of Topliss-reactive ketones (excluding diaryl/α,β-unsaturated/α-hetero) is 3. The zero-order valence-corrected chi connectivity index (χ0v) is 53.2. The van der Waals surface area contributed by atoms with Crippen molar-refractivity contribution in [1.29, 1.82) is 0 Å². The number of rotatable bonds is 12. The summed E-state index contributed by atoms with van der Waals surface area (Å²) in [7, 11) is 0. The van der Waals surface area contributed by atoms with Gasteiger partial charge in [-0.25, -0.2) is 0 Å². The molecule has 432 valence electrons. The molecule has 18 heteroatoms. The Labute approximate surface area is 503 Å². The van der Waals surface area contributed by atoms with Crippen LogP contribution in [0.4, 0.5) is 0 Å². The van der Waals surface area contributed by atoms with E-state index in [4.69, 9.17) is 15.0 Å². The van der Waals surface area contributed by atoms with E-state index in [0.29, 0.717) is 19.3 Å². The Morgan fingerprint density at radius 3 is 1.23 bits per heavy atom. The average molecular weight is 1180 g/mol. The summed E-state index contributed by atoms with van der Waals surface area (Å²) in [6.07, 6.45) is 3.86. The fraction of sp³-hybridized carbons (Fsp3) is 0.364. The first-order valence-electron chi connectivity index (χ1n) is 28.8. The first-order valence-corrected chi connectivity index (χ1v) is 31.2. The molecule has 0 bridgehead atoms. The Morgan fingerprint density at radius 1 is 0.429 bits per heavy atom. The molecule has 0 fully saturated rings. The fourth-order valence-corrected chi connectivity index (χ4v) is 14.9. The summed E-state index contributed by atoms with van der Waals surface area (Å²) in [6.45, 7) is 30.0. The molecular weight excluding hydrogens is 1110 g/mol. The molecule has 0 N–H and O–H groups in total. The monoisotopic (exact) mass is 1180 g/mol. The molecular formula is C66H72N12O3S3. The lowest BCUT2D eigenvalue weighted by molar-refractivity contribution is -0.118. The number of aryl methyl sites for hydroxylation is 9. The summed E-state index contributed by atoms with van der Waals surface area (Å²) < 4.78 is 6.27. The maximum atomic E-state index is 12.0. The molecule has 9 aromatic rings. The van der Waals surface area contributed by atoms with Gasteiger partial charge < -0.3 is 0 Å². The molecule has 3 aliphatic rings. The highest BCUT2D eigenvalue weighted by molar-refractivity contribution is 7.15. The normalized spacial score (nSPS) is 15.6. The summed E-state index contributed by atoms with van der Waals surface area (Å²) in [6, 6.07) is 24.5. The number of carbonyl (C=O) groups excluding carboxylic acids is 3. The molecule has 6 aromatic heterocycles. The smallest absolute Gasteiger partial charge is 0.163 e. The van der Waals surface area contributed by atoms with Gasteiger partial charge >= 0.3 is 0 Å². The number of benzene rings is 3. The first-order chi connectivity index (χ1) is 40.2. The Bertz CT molecular complexity index is 4140. The van der Waals surface area contributed by atoms with Crippen molar-refractivity contribution in [3.8, 4) is 15.0 Å². The molecule has 0 amide bonds. The number of fused-ring (bicyclic) bond motifs is 9. The molecule has 3 aromatic carbocycles.